The van der Waals surface area contributed by atoms with Crippen molar-refractivity contribution in [2.24, 2.45) is 0 Å². The van der Waals surface area contributed by atoms with Crippen LogP contribution in [0.2, 0.25) is 0 Å². The molecule has 0 atom stereocenters. The lowest BCUT2D eigenvalue weighted by molar-refractivity contribution is 0.102. The highest BCUT2D eigenvalue weighted by Crippen LogP contribution is 2.31. The van der Waals surface area contributed by atoms with Gasteiger partial charge in [0.1, 0.15) is 21.0 Å². The zero-order valence-corrected chi connectivity index (χ0v) is 16.4. The Labute approximate surface area is 171 Å². The normalized spacial score (nSPS) is 11.1. The molecule has 5 rings (SSSR count). The van der Waals surface area contributed by atoms with Crippen LogP contribution in [-0.2, 0) is 0 Å². The zero-order chi connectivity index (χ0) is 19.8. The first kappa shape index (κ1) is 17.5. The highest BCUT2D eigenvalue weighted by Gasteiger charge is 2.12. The van der Waals surface area contributed by atoms with Gasteiger partial charge in [-0.05, 0) is 55.0 Å². The van der Waals surface area contributed by atoms with E-state index >= 15 is 0 Å². The quantitative estimate of drug-likeness (QED) is 0.439. The Hall–Kier alpha value is -3.64. The van der Waals surface area contributed by atoms with Gasteiger partial charge in [-0.15, -0.1) is 0 Å². The smallest absolute Gasteiger partial charge is 0.274 e. The third-order valence-corrected chi connectivity index (χ3v) is 5.75. The molecule has 5 aromatic rings. The van der Waals surface area contributed by atoms with Crippen molar-refractivity contribution in [3.63, 3.8) is 0 Å². The van der Waals surface area contributed by atoms with Crippen LogP contribution in [0, 0.1) is 6.92 Å². The Balaban J connectivity index is 1.41. The summed E-state index contributed by atoms with van der Waals surface area (Å²) in [6, 6.07) is 21.1. The van der Waals surface area contributed by atoms with Gasteiger partial charge in [0, 0.05) is 22.8 Å². The second-order valence-electron chi connectivity index (χ2n) is 6.72. The molecule has 0 unspecified atom stereocenters. The number of hydrogen-bond donors (Lipinski definition) is 1. The summed E-state index contributed by atoms with van der Waals surface area (Å²) in [5.74, 6) is -0.226. The highest BCUT2D eigenvalue weighted by molar-refractivity contribution is 7.21. The van der Waals surface area contributed by atoms with Gasteiger partial charge in [-0.3, -0.25) is 4.79 Å². The van der Waals surface area contributed by atoms with Crippen LogP contribution in [0.5, 0.6) is 0 Å². The Bertz CT molecular complexity index is 1340. The average Bonchev–Trinajstić information content (AvgIpc) is 3.19. The fourth-order valence-electron chi connectivity index (χ4n) is 3.21. The van der Waals surface area contributed by atoms with Crippen molar-refractivity contribution in [3.8, 4) is 10.6 Å². The molecule has 0 saturated carbocycles. The predicted molar refractivity (Wildman–Crippen MR) is 117 cm³/mol. The van der Waals surface area contributed by atoms with Gasteiger partial charge >= 0.3 is 0 Å². The van der Waals surface area contributed by atoms with Crippen molar-refractivity contribution in [3.05, 3.63) is 84.2 Å². The molecule has 2 aromatic carbocycles. The minimum Gasteiger partial charge on any atom is -0.320 e. The first-order valence-corrected chi connectivity index (χ1v) is 9.99. The molecule has 3 aromatic heterocycles. The number of carbonyl (C=O) groups excluding carboxylic acids is 1. The summed E-state index contributed by atoms with van der Waals surface area (Å²) in [5.41, 5.74) is 4.81. The number of aryl methyl sites for hydroxylation is 1. The van der Waals surface area contributed by atoms with E-state index in [2.05, 4.69) is 20.3 Å². The van der Waals surface area contributed by atoms with Crippen LogP contribution in [-0.4, -0.2) is 20.9 Å². The molecule has 1 amide bonds. The van der Waals surface area contributed by atoms with Gasteiger partial charge in [0.15, 0.2) is 0 Å². The van der Waals surface area contributed by atoms with E-state index in [0.29, 0.717) is 5.69 Å². The van der Waals surface area contributed by atoms with E-state index in [4.69, 9.17) is 0 Å². The third kappa shape index (κ3) is 3.34. The molecule has 6 heteroatoms. The van der Waals surface area contributed by atoms with Gasteiger partial charge in [-0.2, -0.15) is 0 Å². The number of aromatic nitrogens is 3. The molecule has 0 bridgehead atoms. The molecule has 0 aliphatic rings. The van der Waals surface area contributed by atoms with Gasteiger partial charge in [0.25, 0.3) is 5.91 Å². The number of hydrogen-bond acceptors (Lipinski definition) is 5. The molecule has 29 heavy (non-hydrogen) atoms. The van der Waals surface area contributed by atoms with Crippen LogP contribution < -0.4 is 5.32 Å². The molecule has 5 nitrogen and oxygen atoms in total. The Morgan fingerprint density at radius 1 is 0.931 bits per heavy atom. The Kier molecular flexibility index (Phi) is 4.26. The SMILES string of the molecule is Cc1cc(-c2nc3cccnc3s2)ccc1NC(=O)c1ccc2ccccc2n1. The van der Waals surface area contributed by atoms with E-state index in [1.165, 1.54) is 0 Å². The lowest BCUT2D eigenvalue weighted by Crippen LogP contribution is -2.14. The van der Waals surface area contributed by atoms with Gasteiger partial charge in [0.05, 0.1) is 5.52 Å². The monoisotopic (exact) mass is 396 g/mol. The maximum atomic E-state index is 12.7. The second kappa shape index (κ2) is 7.07. The van der Waals surface area contributed by atoms with Crippen molar-refractivity contribution in [2.45, 2.75) is 6.92 Å². The fourth-order valence-corrected chi connectivity index (χ4v) is 4.11. The number of nitrogens with one attached hydrogen (secondary N) is 1. The van der Waals surface area contributed by atoms with Crippen LogP contribution in [0.15, 0.2) is 72.9 Å². The molecule has 0 spiro atoms. The summed E-state index contributed by atoms with van der Waals surface area (Å²) >= 11 is 1.56. The lowest BCUT2D eigenvalue weighted by Gasteiger charge is -2.10. The molecule has 1 N–H and O–H groups in total. The number of thiazole rings is 1. The summed E-state index contributed by atoms with van der Waals surface area (Å²) in [6.45, 7) is 1.97. The number of benzene rings is 2. The van der Waals surface area contributed by atoms with E-state index in [0.717, 1.165) is 43.1 Å². The molecule has 0 aliphatic heterocycles. The minimum absolute atomic E-state index is 0.226. The minimum atomic E-state index is -0.226. The summed E-state index contributed by atoms with van der Waals surface area (Å²) in [7, 11) is 0. The molecular formula is C23H16N4OS. The Morgan fingerprint density at radius 2 is 1.79 bits per heavy atom. The van der Waals surface area contributed by atoms with Gasteiger partial charge < -0.3 is 5.32 Å². The van der Waals surface area contributed by atoms with Crippen LogP contribution in [0.25, 0.3) is 31.8 Å². The highest BCUT2D eigenvalue weighted by atomic mass is 32.1. The van der Waals surface area contributed by atoms with Crippen molar-refractivity contribution >= 4 is 44.2 Å². The first-order valence-electron chi connectivity index (χ1n) is 9.17. The first-order chi connectivity index (χ1) is 14.2. The van der Waals surface area contributed by atoms with Crippen LogP contribution in [0.3, 0.4) is 0 Å². The molecule has 3 heterocycles. The average molecular weight is 396 g/mol. The molecule has 0 fully saturated rings. The zero-order valence-electron chi connectivity index (χ0n) is 15.6. The number of carbonyl (C=O) groups is 1. The number of pyridine rings is 2. The lowest BCUT2D eigenvalue weighted by atomic mass is 10.1. The van der Waals surface area contributed by atoms with Crippen LogP contribution >= 0.6 is 11.3 Å². The Morgan fingerprint density at radius 3 is 2.66 bits per heavy atom. The summed E-state index contributed by atoms with van der Waals surface area (Å²) in [5, 5.41) is 4.89. The van der Waals surface area contributed by atoms with Crippen molar-refractivity contribution in [2.75, 3.05) is 5.32 Å². The molecular weight excluding hydrogens is 380 g/mol. The van der Waals surface area contributed by atoms with Gasteiger partial charge in [-0.25, -0.2) is 15.0 Å². The molecule has 140 valence electrons. The number of amides is 1. The van der Waals surface area contributed by atoms with Gasteiger partial charge in [-0.1, -0.05) is 35.6 Å². The largest absolute Gasteiger partial charge is 0.320 e. The van der Waals surface area contributed by atoms with Crippen LogP contribution in [0.4, 0.5) is 5.69 Å². The molecule has 0 saturated heterocycles. The number of rotatable bonds is 3. The van der Waals surface area contributed by atoms with Gasteiger partial charge in [0.2, 0.25) is 0 Å². The van der Waals surface area contributed by atoms with E-state index in [1.807, 2.05) is 67.6 Å². The number of fused-ring (bicyclic) bond motifs is 2. The predicted octanol–water partition coefficient (Wildman–Crippen LogP) is 5.47. The third-order valence-electron chi connectivity index (χ3n) is 4.72. The fraction of sp³-hybridized carbons (Fsp3) is 0.0435. The second-order valence-corrected chi connectivity index (χ2v) is 7.70. The maximum Gasteiger partial charge on any atom is 0.274 e. The van der Waals surface area contributed by atoms with E-state index in [9.17, 15) is 4.79 Å². The van der Waals surface area contributed by atoms with E-state index < -0.39 is 0 Å². The number of anilines is 1. The molecule has 0 radical (unpaired) electrons. The summed E-state index contributed by atoms with van der Waals surface area (Å²) < 4.78 is 0. The van der Waals surface area contributed by atoms with Crippen molar-refractivity contribution < 1.29 is 4.79 Å². The number of para-hydroxylation sites is 1. The van der Waals surface area contributed by atoms with Crippen molar-refractivity contribution in [1.82, 2.24) is 15.0 Å². The summed E-state index contributed by atoms with van der Waals surface area (Å²) in [4.78, 5) is 27.1. The van der Waals surface area contributed by atoms with E-state index in [1.54, 1.807) is 23.6 Å². The number of nitrogens with zero attached hydrogens (tertiary/aromatic N) is 3. The topological polar surface area (TPSA) is 67.8 Å². The van der Waals surface area contributed by atoms with E-state index in [-0.39, 0.29) is 5.91 Å². The summed E-state index contributed by atoms with van der Waals surface area (Å²) in [6.07, 6.45) is 1.77. The maximum absolute atomic E-state index is 12.7. The van der Waals surface area contributed by atoms with Crippen LogP contribution in [0.1, 0.15) is 16.1 Å². The standard InChI is InChI=1S/C23H16N4OS/c1-14-13-16(22-27-20-7-4-12-24-23(20)29-22)9-10-17(14)26-21(28)19-11-8-15-5-2-3-6-18(15)25-19/h2-13H,1H3,(H,26,28). The molecule has 0 aliphatic carbocycles. The van der Waals surface area contributed by atoms with Crippen molar-refractivity contribution in [1.29, 1.82) is 0 Å².